The second-order valence-corrected chi connectivity index (χ2v) is 11.7. The summed E-state index contributed by atoms with van der Waals surface area (Å²) in [7, 11) is 2.02. The van der Waals surface area contributed by atoms with E-state index in [1.165, 1.54) is 12.8 Å². The standard InChI is InChI=1S/C16H32N2O.C7H12O5.C5H12/c1-7-12(2)14(19)18-13-8-15(3,4)10-16(5,9-13)11-17-6;1-2-7(3-8,6(10)11)4-12-5-9;1-4-5(2)3/h7,13-14,17-19H,8-11H2,1-6H3;5,8H,2-4H2,1H3,(H,10,11);5H,4H2,1-3H3/b12-7-;;. The number of ether oxygens (including phenoxy) is 1. The molecule has 0 aliphatic heterocycles. The third kappa shape index (κ3) is 14.3. The van der Waals surface area contributed by atoms with Crippen LogP contribution in [0.5, 0.6) is 0 Å². The molecule has 0 amide bonds. The molecule has 36 heavy (non-hydrogen) atoms. The van der Waals surface area contributed by atoms with E-state index < -0.39 is 24.2 Å². The maximum atomic E-state index is 10.6. The molecule has 0 bridgehead atoms. The zero-order valence-electron chi connectivity index (χ0n) is 24.6. The van der Waals surface area contributed by atoms with E-state index in [0.717, 1.165) is 30.9 Å². The van der Waals surface area contributed by atoms with Crippen LogP contribution in [0, 0.1) is 22.2 Å². The number of hydrogen-bond donors (Lipinski definition) is 5. The van der Waals surface area contributed by atoms with Crippen molar-refractivity contribution in [1.82, 2.24) is 10.6 Å². The van der Waals surface area contributed by atoms with Gasteiger partial charge in [0, 0.05) is 12.6 Å². The molecule has 0 saturated heterocycles. The predicted molar refractivity (Wildman–Crippen MR) is 147 cm³/mol. The first-order valence-corrected chi connectivity index (χ1v) is 13.2. The number of carboxylic acid groups (broad SMARTS) is 1. The van der Waals surface area contributed by atoms with Gasteiger partial charge in [0.05, 0.1) is 6.61 Å². The highest BCUT2D eigenvalue weighted by Crippen LogP contribution is 2.45. The zero-order chi connectivity index (χ0) is 28.6. The molecule has 0 aromatic carbocycles. The van der Waals surface area contributed by atoms with Crippen LogP contribution in [-0.4, -0.2) is 66.8 Å². The molecule has 4 atom stereocenters. The van der Waals surface area contributed by atoms with E-state index in [1.54, 1.807) is 6.92 Å². The van der Waals surface area contributed by atoms with E-state index in [0.29, 0.717) is 16.9 Å². The Morgan fingerprint density at radius 1 is 1.22 bits per heavy atom. The van der Waals surface area contributed by atoms with Crippen LogP contribution in [0.15, 0.2) is 11.6 Å². The normalized spacial score (nSPS) is 23.8. The average molecular weight is 517 g/mol. The number of aliphatic carboxylic acids is 1. The molecule has 1 rings (SSSR count). The van der Waals surface area contributed by atoms with Crippen LogP contribution in [0.1, 0.15) is 94.4 Å². The third-order valence-corrected chi connectivity index (χ3v) is 7.00. The van der Waals surface area contributed by atoms with Gasteiger partial charge in [0.15, 0.2) is 0 Å². The van der Waals surface area contributed by atoms with Crippen molar-refractivity contribution in [2.45, 2.75) is 107 Å². The zero-order valence-corrected chi connectivity index (χ0v) is 24.6. The van der Waals surface area contributed by atoms with E-state index >= 15 is 0 Å². The summed E-state index contributed by atoms with van der Waals surface area (Å²) in [6.45, 7) is 19.6. The molecular formula is C28H56N2O6. The summed E-state index contributed by atoms with van der Waals surface area (Å²) in [6, 6.07) is 0.381. The molecule has 0 heterocycles. The quantitative estimate of drug-likeness (QED) is 0.147. The number of carbonyl (C=O) groups is 2. The number of carboxylic acids is 1. The first kappa shape index (κ1) is 36.7. The summed E-state index contributed by atoms with van der Waals surface area (Å²) in [5, 5.41) is 34.4. The van der Waals surface area contributed by atoms with Crippen molar-refractivity contribution in [1.29, 1.82) is 0 Å². The summed E-state index contributed by atoms with van der Waals surface area (Å²) >= 11 is 0. The molecule has 1 fully saturated rings. The van der Waals surface area contributed by atoms with Crippen molar-refractivity contribution in [3.63, 3.8) is 0 Å². The van der Waals surface area contributed by atoms with Crippen LogP contribution in [0.25, 0.3) is 0 Å². The maximum Gasteiger partial charge on any atom is 0.315 e. The van der Waals surface area contributed by atoms with Gasteiger partial charge in [-0.1, -0.05) is 61.0 Å². The highest BCUT2D eigenvalue weighted by Gasteiger charge is 2.41. The van der Waals surface area contributed by atoms with Crippen molar-refractivity contribution in [3.8, 4) is 0 Å². The lowest BCUT2D eigenvalue weighted by Crippen LogP contribution is -2.50. The highest BCUT2D eigenvalue weighted by atomic mass is 16.5. The van der Waals surface area contributed by atoms with Crippen LogP contribution >= 0.6 is 0 Å². The Labute approximate surface area is 220 Å². The first-order chi connectivity index (χ1) is 16.6. The topological polar surface area (TPSA) is 128 Å². The molecule has 8 nitrogen and oxygen atoms in total. The fourth-order valence-electron chi connectivity index (χ4n) is 4.56. The lowest BCUT2D eigenvalue weighted by molar-refractivity contribution is -0.158. The fourth-order valence-corrected chi connectivity index (χ4v) is 4.56. The Morgan fingerprint density at radius 2 is 1.78 bits per heavy atom. The van der Waals surface area contributed by atoms with E-state index in [2.05, 4.69) is 56.9 Å². The molecule has 1 saturated carbocycles. The van der Waals surface area contributed by atoms with Gasteiger partial charge in [-0.15, -0.1) is 0 Å². The third-order valence-electron chi connectivity index (χ3n) is 7.00. The Balaban J connectivity index is 0. The summed E-state index contributed by atoms with van der Waals surface area (Å²) in [5.41, 5.74) is 0.280. The van der Waals surface area contributed by atoms with E-state index in [4.69, 9.17) is 10.2 Å². The summed E-state index contributed by atoms with van der Waals surface area (Å²) in [5.74, 6) is -0.274. The highest BCUT2D eigenvalue weighted by molar-refractivity contribution is 5.75. The Hall–Kier alpha value is -1.48. The lowest BCUT2D eigenvalue weighted by atomic mass is 9.62. The van der Waals surface area contributed by atoms with E-state index in [9.17, 15) is 14.7 Å². The largest absolute Gasteiger partial charge is 0.481 e. The Kier molecular flexibility index (Phi) is 18.2. The predicted octanol–water partition coefficient (Wildman–Crippen LogP) is 4.35. The van der Waals surface area contributed by atoms with Gasteiger partial charge in [0.2, 0.25) is 0 Å². The van der Waals surface area contributed by atoms with Crippen LogP contribution in [0.3, 0.4) is 0 Å². The molecule has 4 unspecified atom stereocenters. The van der Waals surface area contributed by atoms with Gasteiger partial charge in [0.1, 0.15) is 18.2 Å². The van der Waals surface area contributed by atoms with Crippen LogP contribution < -0.4 is 10.6 Å². The Bertz CT molecular complexity index is 646. The number of rotatable bonds is 12. The molecule has 1 aliphatic carbocycles. The van der Waals surface area contributed by atoms with Crippen molar-refractivity contribution >= 4 is 12.4 Å². The molecule has 5 N–H and O–H groups in total. The molecule has 214 valence electrons. The van der Waals surface area contributed by atoms with Gasteiger partial charge in [-0.3, -0.25) is 14.9 Å². The van der Waals surface area contributed by atoms with Gasteiger partial charge in [-0.2, -0.15) is 0 Å². The second-order valence-electron chi connectivity index (χ2n) is 11.7. The van der Waals surface area contributed by atoms with Gasteiger partial charge >= 0.3 is 5.97 Å². The summed E-state index contributed by atoms with van der Waals surface area (Å²) < 4.78 is 4.32. The van der Waals surface area contributed by atoms with Crippen molar-refractivity contribution in [2.75, 3.05) is 26.8 Å². The molecule has 0 radical (unpaired) electrons. The number of carbonyl (C=O) groups excluding carboxylic acids is 1. The minimum Gasteiger partial charge on any atom is -0.481 e. The molecule has 0 aromatic heterocycles. The van der Waals surface area contributed by atoms with Gasteiger partial charge in [-0.05, 0) is 68.9 Å². The molecule has 8 heteroatoms. The minimum atomic E-state index is -1.35. The van der Waals surface area contributed by atoms with Crippen molar-refractivity contribution in [3.05, 3.63) is 11.6 Å². The fraction of sp³-hybridized carbons (Fsp3) is 0.857. The number of aliphatic hydroxyl groups excluding tert-OH is 2. The van der Waals surface area contributed by atoms with Gasteiger partial charge in [0.25, 0.3) is 6.47 Å². The van der Waals surface area contributed by atoms with Crippen LogP contribution in [-0.2, 0) is 14.3 Å². The second kappa shape index (κ2) is 17.9. The summed E-state index contributed by atoms with van der Waals surface area (Å²) in [4.78, 5) is 20.4. The smallest absolute Gasteiger partial charge is 0.315 e. The monoisotopic (exact) mass is 516 g/mol. The number of hydrogen-bond acceptors (Lipinski definition) is 7. The first-order valence-electron chi connectivity index (χ1n) is 13.2. The van der Waals surface area contributed by atoms with Crippen molar-refractivity contribution in [2.24, 2.45) is 22.2 Å². The van der Waals surface area contributed by atoms with Crippen LogP contribution in [0.2, 0.25) is 0 Å². The Morgan fingerprint density at radius 3 is 2.14 bits per heavy atom. The van der Waals surface area contributed by atoms with Crippen LogP contribution in [0.4, 0.5) is 0 Å². The molecule has 0 aromatic rings. The van der Waals surface area contributed by atoms with Crippen molar-refractivity contribution < 1.29 is 29.6 Å². The molecule has 1 aliphatic rings. The molecular weight excluding hydrogens is 460 g/mol. The maximum absolute atomic E-state index is 10.6. The average Bonchev–Trinajstić information content (AvgIpc) is 2.78. The van der Waals surface area contributed by atoms with Gasteiger partial charge < -0.3 is 25.4 Å². The lowest BCUT2D eigenvalue weighted by Gasteiger charge is -2.47. The number of nitrogens with one attached hydrogen (secondary N) is 2. The minimum absolute atomic E-state index is 0.170. The number of allylic oxidation sites excluding steroid dienone is 1. The number of aliphatic hydroxyl groups is 2. The molecule has 0 spiro atoms. The SMILES string of the molecule is C/C=C(/C)C(O)NC1CC(C)(C)CC(C)(CNC)C1.CCC(C)C.CCC(CO)(COC=O)C(=O)O. The van der Waals surface area contributed by atoms with E-state index in [-0.39, 0.29) is 19.5 Å². The van der Waals surface area contributed by atoms with Gasteiger partial charge in [-0.25, -0.2) is 0 Å². The summed E-state index contributed by atoms with van der Waals surface area (Å²) in [6.07, 6.45) is 6.46. The van der Waals surface area contributed by atoms with E-state index in [1.807, 2.05) is 27.0 Å².